The quantitative estimate of drug-likeness (QED) is 0.311. The number of aryl methyl sites for hydroxylation is 1. The van der Waals surface area contributed by atoms with E-state index in [9.17, 15) is 13.0 Å². The summed E-state index contributed by atoms with van der Waals surface area (Å²) >= 11 is 0. The van der Waals surface area contributed by atoms with Gasteiger partial charge in [-0.15, -0.1) is 0 Å². The third kappa shape index (κ3) is 6.62. The Morgan fingerprint density at radius 2 is 1.20 bits per heavy atom. The molecule has 0 radical (unpaired) electrons. The van der Waals surface area contributed by atoms with Crippen LogP contribution in [0.1, 0.15) is 16.7 Å². The average molecular weight is 446 g/mol. The van der Waals surface area contributed by atoms with Crippen LogP contribution in [0.25, 0.3) is 0 Å². The Kier molecular flexibility index (Phi) is 7.58. The first-order valence-corrected chi connectivity index (χ1v) is 12.4. The van der Waals surface area contributed by atoms with E-state index in [1.807, 2.05) is 67.6 Å². The third-order valence-corrected chi connectivity index (χ3v) is 7.16. The molecule has 0 bridgehead atoms. The van der Waals surface area contributed by atoms with Gasteiger partial charge in [0.2, 0.25) is 0 Å². The van der Waals surface area contributed by atoms with Crippen molar-refractivity contribution in [2.75, 3.05) is 6.35 Å². The summed E-state index contributed by atoms with van der Waals surface area (Å²) in [4.78, 5) is -0.0224. The molecule has 0 N–H and O–H groups in total. The minimum Gasteiger partial charge on any atom is -0.302 e. The van der Waals surface area contributed by atoms with Gasteiger partial charge in [-0.05, 0) is 30.2 Å². The molecule has 158 valence electrons. The Morgan fingerprint density at radius 3 is 1.67 bits per heavy atom. The molecular weight excluding hydrogens is 423 g/mol. The van der Waals surface area contributed by atoms with Gasteiger partial charge in [0.15, 0.2) is 6.35 Å². The molecule has 0 saturated heterocycles. The molecule has 0 amide bonds. The van der Waals surface area contributed by atoms with Crippen LogP contribution in [0.15, 0.2) is 89.8 Å². The Balaban J connectivity index is 1.72. The molecule has 30 heavy (non-hydrogen) atoms. The third-order valence-electron chi connectivity index (χ3n) is 4.22. The minimum atomic E-state index is -4.11. The van der Waals surface area contributed by atoms with Crippen LogP contribution < -0.4 is 0 Å². The predicted octanol–water partition coefficient (Wildman–Crippen LogP) is 5.28. The fourth-order valence-corrected chi connectivity index (χ4v) is 5.11. The topological polar surface area (TPSA) is 78.9 Å². The summed E-state index contributed by atoms with van der Waals surface area (Å²) in [6.07, 6.45) is -0.719. The van der Waals surface area contributed by atoms with Crippen LogP contribution in [-0.4, -0.2) is 14.8 Å². The van der Waals surface area contributed by atoms with Crippen molar-refractivity contribution in [3.8, 4) is 0 Å². The van der Waals surface area contributed by atoms with Crippen LogP contribution in [0.5, 0.6) is 0 Å². The van der Waals surface area contributed by atoms with Crippen molar-refractivity contribution in [3.05, 3.63) is 102 Å². The van der Waals surface area contributed by atoms with Crippen molar-refractivity contribution < 1.29 is 26.2 Å². The Bertz CT molecular complexity index is 1040. The summed E-state index contributed by atoms with van der Waals surface area (Å²) in [6.45, 7) is 1.85. The second kappa shape index (κ2) is 10.2. The second-order valence-corrected chi connectivity index (χ2v) is 10.3. The van der Waals surface area contributed by atoms with Crippen molar-refractivity contribution in [1.82, 2.24) is 0 Å². The highest BCUT2D eigenvalue weighted by Crippen LogP contribution is 2.50. The highest BCUT2D eigenvalue weighted by atomic mass is 32.2. The molecule has 3 aromatic carbocycles. The van der Waals surface area contributed by atoms with Crippen molar-refractivity contribution in [2.45, 2.75) is 25.0 Å². The SMILES string of the molecule is Cc1ccc(S(=O)(=O)OCP(=O)(OCc2ccccc2)OCc2ccccc2)cc1. The van der Waals surface area contributed by atoms with Gasteiger partial charge in [-0.25, -0.2) is 0 Å². The molecule has 3 rings (SSSR count). The van der Waals surface area contributed by atoms with Gasteiger partial charge in [-0.1, -0.05) is 78.4 Å². The van der Waals surface area contributed by atoms with Gasteiger partial charge >= 0.3 is 7.60 Å². The van der Waals surface area contributed by atoms with Crippen LogP contribution in [0, 0.1) is 6.92 Å². The van der Waals surface area contributed by atoms with Gasteiger partial charge in [-0.2, -0.15) is 8.42 Å². The lowest BCUT2D eigenvalue weighted by Gasteiger charge is -2.19. The Labute approximate surface area is 177 Å². The van der Waals surface area contributed by atoms with Crippen LogP contribution in [0.3, 0.4) is 0 Å². The predicted molar refractivity (Wildman–Crippen MR) is 114 cm³/mol. The average Bonchev–Trinajstić information content (AvgIpc) is 2.77. The Morgan fingerprint density at radius 1 is 0.733 bits per heavy atom. The van der Waals surface area contributed by atoms with Gasteiger partial charge in [0, 0.05) is 0 Å². The number of hydrogen-bond donors (Lipinski definition) is 0. The number of rotatable bonds is 10. The summed E-state index contributed by atoms with van der Waals surface area (Å²) < 4.78 is 54.3. The van der Waals surface area contributed by atoms with Gasteiger partial charge in [-0.3, -0.25) is 8.75 Å². The lowest BCUT2D eigenvalue weighted by molar-refractivity contribution is 0.173. The Hall–Kier alpha value is -2.28. The summed E-state index contributed by atoms with van der Waals surface area (Å²) in [5, 5.41) is 0. The van der Waals surface area contributed by atoms with E-state index < -0.39 is 24.1 Å². The summed E-state index contributed by atoms with van der Waals surface area (Å²) in [6, 6.07) is 24.4. The number of benzene rings is 3. The maximum atomic E-state index is 13.3. The second-order valence-electron chi connectivity index (χ2n) is 6.64. The van der Waals surface area contributed by atoms with E-state index in [0.717, 1.165) is 16.7 Å². The first-order chi connectivity index (χ1) is 14.4. The normalized spacial score (nSPS) is 12.0. The van der Waals surface area contributed by atoms with Crippen LogP contribution in [-0.2, 0) is 41.1 Å². The van der Waals surface area contributed by atoms with E-state index in [0.29, 0.717) is 0 Å². The fourth-order valence-electron chi connectivity index (χ4n) is 2.51. The minimum absolute atomic E-state index is 0.000840. The first kappa shape index (κ1) is 22.4. The van der Waals surface area contributed by atoms with Crippen molar-refractivity contribution in [3.63, 3.8) is 0 Å². The molecule has 0 aliphatic heterocycles. The largest absolute Gasteiger partial charge is 0.358 e. The lowest BCUT2D eigenvalue weighted by Crippen LogP contribution is -2.11. The highest BCUT2D eigenvalue weighted by molar-refractivity contribution is 7.87. The monoisotopic (exact) mass is 446 g/mol. The van der Waals surface area contributed by atoms with Crippen molar-refractivity contribution in [1.29, 1.82) is 0 Å². The molecule has 0 fully saturated rings. The summed E-state index contributed by atoms with van der Waals surface area (Å²) in [5.74, 6) is 0. The van der Waals surface area contributed by atoms with Gasteiger partial charge in [0.05, 0.1) is 18.1 Å². The maximum absolute atomic E-state index is 13.3. The molecule has 6 nitrogen and oxygen atoms in total. The van der Waals surface area contributed by atoms with E-state index in [1.165, 1.54) is 12.1 Å². The van der Waals surface area contributed by atoms with Crippen LogP contribution in [0.2, 0.25) is 0 Å². The molecule has 0 aliphatic rings. The standard InChI is InChI=1S/C22H23O6PS/c1-19-12-14-22(15-13-19)30(24,25)28-18-29(23,26-16-20-8-4-2-5-9-20)27-17-21-10-6-3-7-11-21/h2-15H,16-18H2,1H3. The van der Waals surface area contributed by atoms with Gasteiger partial charge in [0.1, 0.15) is 0 Å². The van der Waals surface area contributed by atoms with Gasteiger partial charge < -0.3 is 9.05 Å². The maximum Gasteiger partial charge on any atom is 0.358 e. The highest BCUT2D eigenvalue weighted by Gasteiger charge is 2.29. The van der Waals surface area contributed by atoms with E-state index in [1.54, 1.807) is 12.1 Å². The molecule has 8 heteroatoms. The zero-order valence-corrected chi connectivity index (χ0v) is 18.2. The van der Waals surface area contributed by atoms with Crippen molar-refractivity contribution in [2.24, 2.45) is 0 Å². The molecule has 0 heterocycles. The zero-order valence-electron chi connectivity index (χ0n) is 16.5. The van der Waals surface area contributed by atoms with E-state index in [-0.39, 0.29) is 18.1 Å². The van der Waals surface area contributed by atoms with Crippen LogP contribution >= 0.6 is 7.60 Å². The molecule has 0 aromatic heterocycles. The fraction of sp³-hybridized carbons (Fsp3) is 0.182. The zero-order chi connectivity index (χ0) is 21.5. The molecular formula is C22H23O6PS. The molecule has 0 saturated carbocycles. The summed E-state index contributed by atoms with van der Waals surface area (Å²) in [7, 11) is -7.99. The molecule has 0 atom stereocenters. The number of hydrogen-bond acceptors (Lipinski definition) is 6. The molecule has 0 unspecified atom stereocenters. The van der Waals surface area contributed by atoms with Crippen LogP contribution in [0.4, 0.5) is 0 Å². The molecule has 3 aromatic rings. The van der Waals surface area contributed by atoms with E-state index in [2.05, 4.69) is 0 Å². The molecule has 0 spiro atoms. The van der Waals surface area contributed by atoms with E-state index >= 15 is 0 Å². The van der Waals surface area contributed by atoms with E-state index in [4.69, 9.17) is 13.2 Å². The van der Waals surface area contributed by atoms with Gasteiger partial charge in [0.25, 0.3) is 10.1 Å². The smallest absolute Gasteiger partial charge is 0.302 e. The lowest BCUT2D eigenvalue weighted by atomic mass is 10.2. The van der Waals surface area contributed by atoms with Crippen molar-refractivity contribution >= 4 is 17.7 Å². The summed E-state index contributed by atoms with van der Waals surface area (Å²) in [5.41, 5.74) is 2.47. The first-order valence-electron chi connectivity index (χ1n) is 9.28. The molecule has 0 aliphatic carbocycles.